The van der Waals surface area contributed by atoms with Crippen molar-refractivity contribution < 1.29 is 14.0 Å². The average Bonchev–Trinajstić information content (AvgIpc) is 2.88. The molecule has 0 saturated carbocycles. The topological polar surface area (TPSA) is 61.4 Å². The van der Waals surface area contributed by atoms with Gasteiger partial charge < -0.3 is 15.5 Å². The summed E-state index contributed by atoms with van der Waals surface area (Å²) in [6.45, 7) is 1.64. The minimum atomic E-state index is -0.330. The first-order valence-electron chi connectivity index (χ1n) is 11.8. The second-order valence-electron chi connectivity index (χ2n) is 8.61. The SMILES string of the molecule is O=C(CCc1ccccc1)NC1CCN(c2ccccc2C(=O)NCc2ccccc2F)CC1. The van der Waals surface area contributed by atoms with Crippen LogP contribution in [0.25, 0.3) is 0 Å². The maximum atomic E-state index is 13.9. The zero-order valence-corrected chi connectivity index (χ0v) is 19.2. The van der Waals surface area contributed by atoms with E-state index in [1.165, 1.54) is 6.07 Å². The number of halogens is 1. The molecule has 176 valence electrons. The van der Waals surface area contributed by atoms with Gasteiger partial charge in [0.15, 0.2) is 0 Å². The van der Waals surface area contributed by atoms with E-state index in [0.717, 1.165) is 43.6 Å². The number of anilines is 1. The fraction of sp³-hybridized carbons (Fsp3) is 0.286. The minimum absolute atomic E-state index is 0.0789. The van der Waals surface area contributed by atoms with Gasteiger partial charge in [0.1, 0.15) is 5.82 Å². The number of para-hydroxylation sites is 1. The van der Waals surface area contributed by atoms with Gasteiger partial charge in [-0.25, -0.2) is 4.39 Å². The molecule has 3 aromatic rings. The van der Waals surface area contributed by atoms with Crippen LogP contribution in [0.3, 0.4) is 0 Å². The van der Waals surface area contributed by atoms with Crippen molar-refractivity contribution in [1.82, 2.24) is 10.6 Å². The summed E-state index contributed by atoms with van der Waals surface area (Å²) in [5, 5.41) is 6.00. The predicted octanol–water partition coefficient (Wildman–Crippen LogP) is 4.47. The number of amides is 2. The Kier molecular flexibility index (Phi) is 7.91. The Morgan fingerprint density at radius 2 is 1.56 bits per heavy atom. The Labute approximate surface area is 200 Å². The molecule has 0 atom stereocenters. The van der Waals surface area contributed by atoms with E-state index in [9.17, 15) is 14.0 Å². The molecule has 34 heavy (non-hydrogen) atoms. The van der Waals surface area contributed by atoms with Crippen molar-refractivity contribution >= 4 is 17.5 Å². The molecule has 2 amide bonds. The van der Waals surface area contributed by atoms with Crippen molar-refractivity contribution in [2.24, 2.45) is 0 Å². The van der Waals surface area contributed by atoms with Gasteiger partial charge in [-0.15, -0.1) is 0 Å². The molecule has 1 aliphatic rings. The summed E-state index contributed by atoms with van der Waals surface area (Å²) >= 11 is 0. The first-order valence-corrected chi connectivity index (χ1v) is 11.8. The van der Waals surface area contributed by atoms with Gasteiger partial charge in [0.25, 0.3) is 5.91 Å². The van der Waals surface area contributed by atoms with E-state index >= 15 is 0 Å². The molecule has 5 nitrogen and oxygen atoms in total. The maximum Gasteiger partial charge on any atom is 0.253 e. The number of aryl methyl sites for hydroxylation is 1. The van der Waals surface area contributed by atoms with Gasteiger partial charge in [0.05, 0.1) is 5.56 Å². The molecule has 0 bridgehead atoms. The van der Waals surface area contributed by atoms with E-state index in [1.807, 2.05) is 48.5 Å². The second-order valence-corrected chi connectivity index (χ2v) is 8.61. The fourth-order valence-electron chi connectivity index (χ4n) is 4.32. The van der Waals surface area contributed by atoms with E-state index in [2.05, 4.69) is 15.5 Å². The third kappa shape index (κ3) is 6.22. The summed E-state index contributed by atoms with van der Waals surface area (Å²) in [4.78, 5) is 27.4. The van der Waals surface area contributed by atoms with Gasteiger partial charge in [-0.05, 0) is 43.0 Å². The molecule has 1 aliphatic heterocycles. The lowest BCUT2D eigenvalue weighted by Gasteiger charge is -2.35. The van der Waals surface area contributed by atoms with Crippen molar-refractivity contribution in [1.29, 1.82) is 0 Å². The van der Waals surface area contributed by atoms with Crippen LogP contribution in [0.2, 0.25) is 0 Å². The highest BCUT2D eigenvalue weighted by Crippen LogP contribution is 2.24. The molecule has 1 saturated heterocycles. The normalized spacial score (nSPS) is 14.0. The van der Waals surface area contributed by atoms with Gasteiger partial charge in [0, 0.05) is 43.3 Å². The van der Waals surface area contributed by atoms with Crippen molar-refractivity contribution in [3.63, 3.8) is 0 Å². The number of rotatable bonds is 8. The number of benzene rings is 3. The third-order valence-corrected chi connectivity index (χ3v) is 6.23. The molecule has 4 rings (SSSR count). The number of carbonyl (C=O) groups is 2. The molecule has 1 heterocycles. The Bertz CT molecular complexity index is 1110. The number of piperidine rings is 1. The molecule has 3 aromatic carbocycles. The average molecular weight is 460 g/mol. The summed E-state index contributed by atoms with van der Waals surface area (Å²) in [7, 11) is 0. The molecule has 0 unspecified atom stereocenters. The number of nitrogens with zero attached hydrogens (tertiary/aromatic N) is 1. The minimum Gasteiger partial charge on any atom is -0.371 e. The molecule has 6 heteroatoms. The lowest BCUT2D eigenvalue weighted by molar-refractivity contribution is -0.121. The van der Waals surface area contributed by atoms with Gasteiger partial charge in [-0.1, -0.05) is 60.7 Å². The first-order chi connectivity index (χ1) is 16.6. The number of nitrogens with one attached hydrogen (secondary N) is 2. The quantitative estimate of drug-likeness (QED) is 0.522. The van der Waals surface area contributed by atoms with Crippen LogP contribution in [0.4, 0.5) is 10.1 Å². The van der Waals surface area contributed by atoms with E-state index in [1.54, 1.807) is 24.3 Å². The van der Waals surface area contributed by atoms with Crippen molar-refractivity contribution in [3.05, 3.63) is 101 Å². The molecule has 0 aliphatic carbocycles. The monoisotopic (exact) mass is 459 g/mol. The molecule has 0 radical (unpaired) electrons. The number of hydrogen-bond donors (Lipinski definition) is 2. The zero-order chi connectivity index (χ0) is 23.8. The molecular formula is C28H30FN3O2. The number of carbonyl (C=O) groups excluding carboxylic acids is 2. The summed E-state index contributed by atoms with van der Waals surface area (Å²) in [6, 6.07) is 24.1. The highest BCUT2D eigenvalue weighted by atomic mass is 19.1. The van der Waals surface area contributed by atoms with Crippen LogP contribution in [0.15, 0.2) is 78.9 Å². The van der Waals surface area contributed by atoms with Crippen LogP contribution >= 0.6 is 0 Å². The highest BCUT2D eigenvalue weighted by molar-refractivity contribution is 5.99. The van der Waals surface area contributed by atoms with Gasteiger partial charge in [-0.3, -0.25) is 9.59 Å². The van der Waals surface area contributed by atoms with Crippen LogP contribution in [0, 0.1) is 5.82 Å². The van der Waals surface area contributed by atoms with E-state index in [0.29, 0.717) is 17.5 Å². The summed E-state index contributed by atoms with van der Waals surface area (Å²) in [6.07, 6.45) is 2.86. The summed E-state index contributed by atoms with van der Waals surface area (Å²) in [5.41, 5.74) is 3.06. The largest absolute Gasteiger partial charge is 0.371 e. The van der Waals surface area contributed by atoms with Crippen LogP contribution in [-0.2, 0) is 17.8 Å². The fourth-order valence-corrected chi connectivity index (χ4v) is 4.32. The molecule has 1 fully saturated rings. The maximum absolute atomic E-state index is 13.9. The van der Waals surface area contributed by atoms with E-state index < -0.39 is 0 Å². The van der Waals surface area contributed by atoms with Crippen LogP contribution in [-0.4, -0.2) is 30.9 Å². The summed E-state index contributed by atoms with van der Waals surface area (Å²) < 4.78 is 13.9. The molecule has 2 N–H and O–H groups in total. The third-order valence-electron chi connectivity index (χ3n) is 6.23. The Hall–Kier alpha value is -3.67. The molecule has 0 aromatic heterocycles. The van der Waals surface area contributed by atoms with E-state index in [4.69, 9.17) is 0 Å². The van der Waals surface area contributed by atoms with Crippen molar-refractivity contribution in [2.75, 3.05) is 18.0 Å². The lowest BCUT2D eigenvalue weighted by atomic mass is 10.0. The van der Waals surface area contributed by atoms with Crippen molar-refractivity contribution in [3.8, 4) is 0 Å². The van der Waals surface area contributed by atoms with Crippen LogP contribution < -0.4 is 15.5 Å². The Balaban J connectivity index is 1.29. The van der Waals surface area contributed by atoms with Gasteiger partial charge in [0.2, 0.25) is 5.91 Å². The lowest BCUT2D eigenvalue weighted by Crippen LogP contribution is -2.45. The van der Waals surface area contributed by atoms with Crippen molar-refractivity contribution in [2.45, 2.75) is 38.3 Å². The number of hydrogen-bond acceptors (Lipinski definition) is 3. The van der Waals surface area contributed by atoms with Gasteiger partial charge >= 0.3 is 0 Å². The van der Waals surface area contributed by atoms with Crippen LogP contribution in [0.1, 0.15) is 40.7 Å². The standard InChI is InChI=1S/C28H30FN3O2/c29-25-12-6-4-10-22(25)20-30-28(34)24-11-5-7-13-26(24)32-18-16-23(17-19-32)31-27(33)15-14-21-8-2-1-3-9-21/h1-13,23H,14-20H2,(H,30,34)(H,31,33). The smallest absolute Gasteiger partial charge is 0.253 e. The van der Waals surface area contributed by atoms with E-state index in [-0.39, 0.29) is 30.2 Å². The zero-order valence-electron chi connectivity index (χ0n) is 19.2. The predicted molar refractivity (Wildman–Crippen MR) is 132 cm³/mol. The first kappa shape index (κ1) is 23.5. The Morgan fingerprint density at radius 3 is 2.32 bits per heavy atom. The Morgan fingerprint density at radius 1 is 0.882 bits per heavy atom. The van der Waals surface area contributed by atoms with Crippen LogP contribution in [0.5, 0.6) is 0 Å². The highest BCUT2D eigenvalue weighted by Gasteiger charge is 2.23. The summed E-state index contributed by atoms with van der Waals surface area (Å²) in [5.74, 6) is -0.477. The molecular weight excluding hydrogens is 429 g/mol. The molecule has 0 spiro atoms. The second kappa shape index (κ2) is 11.5. The van der Waals surface area contributed by atoms with Gasteiger partial charge in [-0.2, -0.15) is 0 Å².